The first-order valence-electron chi connectivity index (χ1n) is 9.61. The molecular weight excluding hydrogens is 367 g/mol. The predicted molar refractivity (Wildman–Crippen MR) is 112 cm³/mol. The van der Waals surface area contributed by atoms with Crippen molar-refractivity contribution in [2.24, 2.45) is 0 Å². The van der Waals surface area contributed by atoms with Gasteiger partial charge in [-0.3, -0.25) is 0 Å². The van der Waals surface area contributed by atoms with Crippen molar-refractivity contribution >= 4 is 18.1 Å². The third kappa shape index (κ3) is 4.28. The highest BCUT2D eigenvalue weighted by Gasteiger charge is 2.16. The molecule has 2 N–H and O–H groups in total. The minimum Gasteiger partial charge on any atom is -0.478 e. The van der Waals surface area contributed by atoms with Gasteiger partial charge in [-0.25, -0.2) is 9.18 Å². The van der Waals surface area contributed by atoms with Gasteiger partial charge in [-0.1, -0.05) is 48.6 Å². The van der Waals surface area contributed by atoms with Gasteiger partial charge in [0.05, 0.1) is 11.7 Å². The topological polar surface area (TPSA) is 57.5 Å². The minimum absolute atomic E-state index is 0.216. The van der Waals surface area contributed by atoms with Gasteiger partial charge in [-0.15, -0.1) is 0 Å². The number of benzene rings is 3. The molecule has 0 saturated carbocycles. The summed E-state index contributed by atoms with van der Waals surface area (Å²) >= 11 is 0. The molecule has 4 heteroatoms. The summed E-state index contributed by atoms with van der Waals surface area (Å²) in [4.78, 5) is 11.6. The average molecular weight is 388 g/mol. The Labute approximate surface area is 168 Å². The number of carboxylic acids is 1. The number of carbonyl (C=O) groups is 1. The lowest BCUT2D eigenvalue weighted by molar-refractivity contribution is 0.0696. The number of halogens is 1. The Morgan fingerprint density at radius 2 is 1.69 bits per heavy atom. The molecule has 1 atom stereocenters. The molecule has 29 heavy (non-hydrogen) atoms. The molecular formula is C25H21FO3. The first kappa shape index (κ1) is 19.1. The summed E-state index contributed by atoms with van der Waals surface area (Å²) in [6.45, 7) is 0. The summed E-state index contributed by atoms with van der Waals surface area (Å²) in [5, 5.41) is 19.3. The largest absolute Gasteiger partial charge is 0.478 e. The quantitative estimate of drug-likeness (QED) is 0.603. The van der Waals surface area contributed by atoms with Gasteiger partial charge in [0.1, 0.15) is 5.82 Å². The maximum atomic E-state index is 13.2. The molecule has 0 amide bonds. The fourth-order valence-corrected chi connectivity index (χ4v) is 3.76. The van der Waals surface area contributed by atoms with E-state index < -0.39 is 5.97 Å². The van der Waals surface area contributed by atoms with E-state index in [1.165, 1.54) is 23.3 Å². The van der Waals surface area contributed by atoms with Crippen molar-refractivity contribution in [1.29, 1.82) is 0 Å². The van der Waals surface area contributed by atoms with Gasteiger partial charge in [0.2, 0.25) is 0 Å². The van der Waals surface area contributed by atoms with E-state index in [1.807, 2.05) is 24.3 Å². The van der Waals surface area contributed by atoms with Crippen LogP contribution in [0.5, 0.6) is 0 Å². The second-order valence-electron chi connectivity index (χ2n) is 7.37. The SMILES string of the molecule is O=C(O)c1ccc(-c2ccc(F)cc2)cc1/C=C/c1ccc2c(c1)CCC(O)C2. The Balaban J connectivity index is 1.67. The Morgan fingerprint density at radius 3 is 2.45 bits per heavy atom. The van der Waals surface area contributed by atoms with Gasteiger partial charge in [0, 0.05) is 0 Å². The van der Waals surface area contributed by atoms with Crippen LogP contribution in [0.3, 0.4) is 0 Å². The van der Waals surface area contributed by atoms with Gasteiger partial charge in [0.15, 0.2) is 0 Å². The molecule has 0 fully saturated rings. The van der Waals surface area contributed by atoms with E-state index in [4.69, 9.17) is 0 Å². The zero-order chi connectivity index (χ0) is 20.4. The zero-order valence-corrected chi connectivity index (χ0v) is 15.8. The highest BCUT2D eigenvalue weighted by Crippen LogP contribution is 2.26. The number of rotatable bonds is 4. The lowest BCUT2D eigenvalue weighted by Gasteiger charge is -2.20. The van der Waals surface area contributed by atoms with Gasteiger partial charge in [-0.2, -0.15) is 0 Å². The summed E-state index contributed by atoms with van der Waals surface area (Å²) in [6.07, 6.45) is 5.73. The molecule has 0 saturated heterocycles. The molecule has 0 aromatic heterocycles. The van der Waals surface area contributed by atoms with E-state index in [0.29, 0.717) is 12.0 Å². The molecule has 3 aromatic carbocycles. The van der Waals surface area contributed by atoms with Gasteiger partial charge < -0.3 is 10.2 Å². The molecule has 1 unspecified atom stereocenters. The summed E-state index contributed by atoms with van der Waals surface area (Å²) in [7, 11) is 0. The maximum Gasteiger partial charge on any atom is 0.336 e. The van der Waals surface area contributed by atoms with Gasteiger partial charge in [0.25, 0.3) is 0 Å². The van der Waals surface area contributed by atoms with Gasteiger partial charge in [-0.05, 0) is 76.9 Å². The Kier molecular flexibility index (Phi) is 5.28. The first-order valence-corrected chi connectivity index (χ1v) is 9.61. The number of hydrogen-bond donors (Lipinski definition) is 2. The van der Waals surface area contributed by atoms with Crippen LogP contribution >= 0.6 is 0 Å². The van der Waals surface area contributed by atoms with E-state index in [0.717, 1.165) is 29.5 Å². The van der Waals surface area contributed by atoms with E-state index in [2.05, 4.69) is 6.07 Å². The zero-order valence-electron chi connectivity index (χ0n) is 15.8. The summed E-state index contributed by atoms with van der Waals surface area (Å²) in [5.41, 5.74) is 5.85. The van der Waals surface area contributed by atoms with Crippen molar-refractivity contribution < 1.29 is 19.4 Å². The van der Waals surface area contributed by atoms with Crippen LogP contribution in [0.15, 0.2) is 60.7 Å². The molecule has 0 heterocycles. The summed E-state index contributed by atoms with van der Waals surface area (Å²) < 4.78 is 13.2. The second-order valence-corrected chi connectivity index (χ2v) is 7.37. The molecule has 0 spiro atoms. The normalized spacial score (nSPS) is 16.0. The Hall–Kier alpha value is -3.24. The highest BCUT2D eigenvalue weighted by atomic mass is 19.1. The van der Waals surface area contributed by atoms with Crippen molar-refractivity contribution in [1.82, 2.24) is 0 Å². The lowest BCUT2D eigenvalue weighted by Crippen LogP contribution is -2.18. The molecule has 3 aromatic rings. The smallest absolute Gasteiger partial charge is 0.336 e. The van der Waals surface area contributed by atoms with E-state index >= 15 is 0 Å². The summed E-state index contributed by atoms with van der Waals surface area (Å²) in [6, 6.07) is 17.4. The van der Waals surface area contributed by atoms with Crippen molar-refractivity contribution in [3.8, 4) is 11.1 Å². The van der Waals surface area contributed by atoms with Crippen LogP contribution in [0.4, 0.5) is 4.39 Å². The fourth-order valence-electron chi connectivity index (χ4n) is 3.76. The Bertz CT molecular complexity index is 1080. The van der Waals surface area contributed by atoms with Crippen LogP contribution in [0.25, 0.3) is 23.3 Å². The Morgan fingerprint density at radius 1 is 0.931 bits per heavy atom. The van der Waals surface area contributed by atoms with Crippen LogP contribution in [0, 0.1) is 5.82 Å². The number of fused-ring (bicyclic) bond motifs is 1. The number of carboxylic acid groups (broad SMARTS) is 1. The lowest BCUT2D eigenvalue weighted by atomic mass is 9.88. The number of aromatic carboxylic acids is 1. The molecule has 4 rings (SSSR count). The van der Waals surface area contributed by atoms with E-state index in [-0.39, 0.29) is 17.5 Å². The predicted octanol–water partition coefficient (Wildman–Crippen LogP) is 5.21. The van der Waals surface area contributed by atoms with E-state index in [1.54, 1.807) is 30.3 Å². The van der Waals surface area contributed by atoms with E-state index in [9.17, 15) is 19.4 Å². The summed E-state index contributed by atoms with van der Waals surface area (Å²) in [5.74, 6) is -1.30. The average Bonchev–Trinajstić information content (AvgIpc) is 2.72. The number of aliphatic hydroxyl groups is 1. The molecule has 0 aliphatic heterocycles. The highest BCUT2D eigenvalue weighted by molar-refractivity contribution is 5.94. The number of aryl methyl sites for hydroxylation is 1. The van der Waals surface area contributed by atoms with Crippen LogP contribution in [0.1, 0.15) is 39.0 Å². The molecule has 0 bridgehead atoms. The first-order chi connectivity index (χ1) is 14.0. The molecule has 1 aliphatic rings. The third-order valence-corrected chi connectivity index (χ3v) is 5.35. The molecule has 1 aliphatic carbocycles. The molecule has 146 valence electrons. The van der Waals surface area contributed by atoms with Crippen LogP contribution in [-0.2, 0) is 12.8 Å². The van der Waals surface area contributed by atoms with Crippen LogP contribution < -0.4 is 0 Å². The monoisotopic (exact) mass is 388 g/mol. The van der Waals surface area contributed by atoms with Crippen molar-refractivity contribution in [3.05, 3.63) is 94.3 Å². The second kappa shape index (κ2) is 8.02. The van der Waals surface area contributed by atoms with Crippen LogP contribution in [0.2, 0.25) is 0 Å². The third-order valence-electron chi connectivity index (χ3n) is 5.35. The minimum atomic E-state index is -0.991. The van der Waals surface area contributed by atoms with Crippen molar-refractivity contribution in [3.63, 3.8) is 0 Å². The van der Waals surface area contributed by atoms with Crippen LogP contribution in [-0.4, -0.2) is 22.3 Å². The standard InChI is InChI=1S/C25H21FO3/c26-22-9-5-17(6-10-22)19-8-12-24(25(28)29)21(14-19)4-2-16-1-3-20-15-23(27)11-7-18(20)13-16/h1-6,8-10,12-14,23,27H,7,11,15H2,(H,28,29)/b4-2+. The maximum absolute atomic E-state index is 13.2. The number of hydrogen-bond acceptors (Lipinski definition) is 2. The van der Waals surface area contributed by atoms with Gasteiger partial charge >= 0.3 is 5.97 Å². The fraction of sp³-hybridized carbons (Fsp3) is 0.160. The molecule has 3 nitrogen and oxygen atoms in total. The molecule has 0 radical (unpaired) electrons. The van der Waals surface area contributed by atoms with Crippen molar-refractivity contribution in [2.75, 3.05) is 0 Å². The van der Waals surface area contributed by atoms with Crippen molar-refractivity contribution in [2.45, 2.75) is 25.4 Å². The number of aliphatic hydroxyl groups excluding tert-OH is 1.